The maximum atomic E-state index is 12.5. The summed E-state index contributed by atoms with van der Waals surface area (Å²) >= 11 is 0. The average molecular weight is 471 g/mol. The standard InChI is InChI=1S/C20H20F3N3O5S/c1-26(19(28)25-18(27)20(21,22)23)11-15-17(12-6-4-3-5-7-12)31-16-9-8-13(32(2,29)30)10-14(16)24-15/h3-10,15,17,24H,11H2,1-2H3,(H,25,27,28). The molecule has 0 saturated heterocycles. The summed E-state index contributed by atoms with van der Waals surface area (Å²) in [7, 11) is -2.27. The smallest absolute Gasteiger partial charge is 0.471 e. The fraction of sp³-hybridized carbons (Fsp3) is 0.300. The number of urea groups is 1. The third-order valence-electron chi connectivity index (χ3n) is 4.76. The average Bonchev–Trinajstić information content (AvgIpc) is 2.72. The molecule has 1 heterocycles. The number of hydrogen-bond acceptors (Lipinski definition) is 6. The van der Waals surface area contributed by atoms with Crippen LogP contribution in [0.25, 0.3) is 0 Å². The molecular formula is C20H20F3N3O5S. The number of likely N-dealkylation sites (N-methyl/N-ethyl adjacent to an activating group) is 1. The van der Waals surface area contributed by atoms with Gasteiger partial charge >= 0.3 is 18.1 Å². The molecule has 0 saturated carbocycles. The SMILES string of the molecule is CN(CC1Nc2cc(S(C)(=O)=O)ccc2OC1c1ccccc1)C(=O)NC(=O)C(F)(F)F. The number of ether oxygens (including phenoxy) is 1. The van der Waals surface area contributed by atoms with E-state index in [1.54, 1.807) is 30.3 Å². The minimum Gasteiger partial charge on any atom is -0.481 e. The van der Waals surface area contributed by atoms with E-state index < -0.39 is 40.1 Å². The summed E-state index contributed by atoms with van der Waals surface area (Å²) < 4.78 is 67.2. The molecule has 0 fully saturated rings. The van der Waals surface area contributed by atoms with Crippen molar-refractivity contribution in [3.05, 3.63) is 54.1 Å². The number of nitrogens with zero attached hydrogens (tertiary/aromatic N) is 1. The van der Waals surface area contributed by atoms with Crippen LogP contribution in [0.3, 0.4) is 0 Å². The maximum Gasteiger partial charge on any atom is 0.471 e. The highest BCUT2D eigenvalue weighted by Crippen LogP contribution is 2.39. The number of benzene rings is 2. The summed E-state index contributed by atoms with van der Waals surface area (Å²) in [6.07, 6.45) is -4.80. The second kappa shape index (κ2) is 8.69. The quantitative estimate of drug-likeness (QED) is 0.711. The van der Waals surface area contributed by atoms with Crippen LogP contribution in [0.2, 0.25) is 0 Å². The zero-order valence-electron chi connectivity index (χ0n) is 17.0. The Morgan fingerprint density at radius 1 is 1.16 bits per heavy atom. The van der Waals surface area contributed by atoms with Gasteiger partial charge in [-0.15, -0.1) is 0 Å². The maximum absolute atomic E-state index is 12.5. The van der Waals surface area contributed by atoms with Crippen LogP contribution in [0, 0.1) is 0 Å². The number of fused-ring (bicyclic) bond motifs is 1. The van der Waals surface area contributed by atoms with Gasteiger partial charge in [-0.3, -0.25) is 10.1 Å². The van der Waals surface area contributed by atoms with Crippen molar-refractivity contribution in [1.82, 2.24) is 10.2 Å². The van der Waals surface area contributed by atoms with Crippen LogP contribution in [-0.2, 0) is 14.6 Å². The number of amides is 3. The number of halogens is 3. The van der Waals surface area contributed by atoms with Crippen LogP contribution in [0.5, 0.6) is 5.75 Å². The number of alkyl halides is 3. The molecule has 8 nitrogen and oxygen atoms in total. The van der Waals surface area contributed by atoms with E-state index in [2.05, 4.69) is 5.32 Å². The van der Waals surface area contributed by atoms with Gasteiger partial charge in [-0.1, -0.05) is 30.3 Å². The van der Waals surface area contributed by atoms with Gasteiger partial charge in [0.25, 0.3) is 0 Å². The summed E-state index contributed by atoms with van der Waals surface area (Å²) in [5.74, 6) is -1.99. The molecule has 1 aliphatic rings. The van der Waals surface area contributed by atoms with Crippen LogP contribution in [0.15, 0.2) is 53.4 Å². The van der Waals surface area contributed by atoms with Gasteiger partial charge in [0.2, 0.25) is 0 Å². The van der Waals surface area contributed by atoms with Gasteiger partial charge < -0.3 is 15.0 Å². The molecular weight excluding hydrogens is 451 g/mol. The normalized spacial score (nSPS) is 18.0. The lowest BCUT2D eigenvalue weighted by atomic mass is 9.99. The molecule has 2 aromatic rings. The first kappa shape index (κ1) is 23.4. The fourth-order valence-corrected chi connectivity index (χ4v) is 3.82. The molecule has 2 unspecified atom stereocenters. The molecule has 1 aliphatic heterocycles. The monoisotopic (exact) mass is 471 g/mol. The fourth-order valence-electron chi connectivity index (χ4n) is 3.18. The zero-order valence-corrected chi connectivity index (χ0v) is 17.8. The molecule has 0 bridgehead atoms. The molecule has 0 aliphatic carbocycles. The molecule has 0 spiro atoms. The van der Waals surface area contributed by atoms with E-state index >= 15 is 0 Å². The van der Waals surface area contributed by atoms with Crippen molar-refractivity contribution in [2.24, 2.45) is 0 Å². The zero-order chi connectivity index (χ0) is 23.7. The van der Waals surface area contributed by atoms with E-state index in [0.717, 1.165) is 16.7 Å². The Balaban J connectivity index is 1.87. The molecule has 32 heavy (non-hydrogen) atoms. The van der Waals surface area contributed by atoms with Gasteiger partial charge in [0.15, 0.2) is 9.84 Å². The predicted molar refractivity (Wildman–Crippen MR) is 109 cm³/mol. The Morgan fingerprint density at radius 3 is 2.41 bits per heavy atom. The van der Waals surface area contributed by atoms with Crippen LogP contribution in [0.1, 0.15) is 11.7 Å². The molecule has 2 aromatic carbocycles. The van der Waals surface area contributed by atoms with Crippen molar-refractivity contribution >= 4 is 27.5 Å². The minimum absolute atomic E-state index is 0.0473. The number of nitrogens with one attached hydrogen (secondary N) is 2. The Morgan fingerprint density at radius 2 is 1.81 bits per heavy atom. The van der Waals surface area contributed by atoms with Crippen LogP contribution >= 0.6 is 0 Å². The number of carbonyl (C=O) groups excluding carboxylic acids is 2. The molecule has 172 valence electrons. The predicted octanol–water partition coefficient (Wildman–Crippen LogP) is 2.73. The number of rotatable bonds is 4. The summed E-state index contributed by atoms with van der Waals surface area (Å²) in [5, 5.41) is 4.40. The van der Waals surface area contributed by atoms with E-state index in [9.17, 15) is 31.2 Å². The lowest BCUT2D eigenvalue weighted by Crippen LogP contribution is -2.50. The van der Waals surface area contributed by atoms with Crippen molar-refractivity contribution in [1.29, 1.82) is 0 Å². The number of hydrogen-bond donors (Lipinski definition) is 2. The molecule has 2 atom stereocenters. The van der Waals surface area contributed by atoms with Gasteiger partial charge in [0, 0.05) is 19.8 Å². The minimum atomic E-state index is -5.20. The number of sulfone groups is 1. The Labute approximate surface area is 182 Å². The highest BCUT2D eigenvalue weighted by Gasteiger charge is 2.41. The molecule has 2 N–H and O–H groups in total. The third-order valence-corrected chi connectivity index (χ3v) is 5.87. The van der Waals surface area contributed by atoms with Gasteiger partial charge in [0.1, 0.15) is 11.9 Å². The summed E-state index contributed by atoms with van der Waals surface area (Å²) in [5.41, 5.74) is 1.08. The van der Waals surface area contributed by atoms with Gasteiger partial charge in [0.05, 0.1) is 16.6 Å². The number of imide groups is 1. The first-order valence-corrected chi connectivity index (χ1v) is 11.2. The molecule has 0 radical (unpaired) electrons. The van der Waals surface area contributed by atoms with Gasteiger partial charge in [-0.25, -0.2) is 13.2 Å². The second-order valence-corrected chi connectivity index (χ2v) is 9.28. The topological polar surface area (TPSA) is 105 Å². The number of anilines is 1. The van der Waals surface area contributed by atoms with Gasteiger partial charge in [-0.2, -0.15) is 13.2 Å². The van der Waals surface area contributed by atoms with Crippen molar-refractivity contribution in [2.45, 2.75) is 23.2 Å². The highest BCUT2D eigenvalue weighted by molar-refractivity contribution is 7.90. The molecule has 3 amide bonds. The van der Waals surface area contributed by atoms with Crippen molar-refractivity contribution < 1.29 is 35.9 Å². The Bertz CT molecular complexity index is 1120. The molecule has 3 rings (SSSR count). The van der Waals surface area contributed by atoms with Crippen LogP contribution < -0.4 is 15.4 Å². The third kappa shape index (κ3) is 5.31. The lowest BCUT2D eigenvalue weighted by Gasteiger charge is -2.37. The van der Waals surface area contributed by atoms with E-state index in [4.69, 9.17) is 4.74 Å². The van der Waals surface area contributed by atoms with Crippen LogP contribution in [0.4, 0.5) is 23.7 Å². The summed E-state index contributed by atoms with van der Waals surface area (Å²) in [4.78, 5) is 24.1. The van der Waals surface area contributed by atoms with Gasteiger partial charge in [-0.05, 0) is 23.8 Å². The molecule has 12 heteroatoms. The first-order chi connectivity index (χ1) is 14.9. The Hall–Kier alpha value is -3.28. The van der Waals surface area contributed by atoms with E-state index in [1.807, 2.05) is 0 Å². The van der Waals surface area contributed by atoms with E-state index in [0.29, 0.717) is 11.4 Å². The first-order valence-electron chi connectivity index (χ1n) is 9.32. The van der Waals surface area contributed by atoms with E-state index in [-0.39, 0.29) is 11.4 Å². The van der Waals surface area contributed by atoms with Crippen molar-refractivity contribution in [2.75, 3.05) is 25.2 Å². The number of carbonyl (C=O) groups is 2. The van der Waals surface area contributed by atoms with Crippen molar-refractivity contribution in [3.8, 4) is 5.75 Å². The summed E-state index contributed by atoms with van der Waals surface area (Å²) in [6, 6.07) is 11.3. The second-order valence-electron chi connectivity index (χ2n) is 7.27. The molecule has 0 aromatic heterocycles. The Kier molecular flexibility index (Phi) is 6.35. The van der Waals surface area contributed by atoms with E-state index in [1.165, 1.54) is 30.6 Å². The highest BCUT2D eigenvalue weighted by atomic mass is 32.2. The summed E-state index contributed by atoms with van der Waals surface area (Å²) in [6.45, 7) is -0.154. The lowest BCUT2D eigenvalue weighted by molar-refractivity contribution is -0.172. The van der Waals surface area contributed by atoms with Crippen molar-refractivity contribution in [3.63, 3.8) is 0 Å². The van der Waals surface area contributed by atoms with Crippen LogP contribution in [-0.4, -0.2) is 57.3 Å². The largest absolute Gasteiger partial charge is 0.481 e.